The SMILES string of the molecule is C[C@@H]1CN2C(=N[C@H](c3ccccn3)[C@@H]2c2cccnc2)S1. The van der Waals surface area contributed by atoms with E-state index >= 15 is 0 Å². The van der Waals surface area contributed by atoms with Crippen LogP contribution in [0.4, 0.5) is 0 Å². The molecule has 5 heteroatoms. The van der Waals surface area contributed by atoms with Gasteiger partial charge in [-0.2, -0.15) is 0 Å². The van der Waals surface area contributed by atoms with Crippen LogP contribution in [-0.4, -0.2) is 31.8 Å². The maximum Gasteiger partial charge on any atom is 0.160 e. The Balaban J connectivity index is 1.77. The first kappa shape index (κ1) is 12.8. The second kappa shape index (κ2) is 5.15. The number of pyridine rings is 2. The van der Waals surface area contributed by atoms with Crippen LogP contribution < -0.4 is 0 Å². The summed E-state index contributed by atoms with van der Waals surface area (Å²) in [6.45, 7) is 3.29. The highest BCUT2D eigenvalue weighted by molar-refractivity contribution is 8.14. The van der Waals surface area contributed by atoms with Crippen molar-refractivity contribution in [3.63, 3.8) is 0 Å². The first-order valence-electron chi connectivity index (χ1n) is 7.15. The minimum atomic E-state index is 0.0606. The Morgan fingerprint density at radius 1 is 1.19 bits per heavy atom. The van der Waals surface area contributed by atoms with Gasteiger partial charge in [0.1, 0.15) is 6.04 Å². The molecule has 0 bridgehead atoms. The molecule has 0 N–H and O–H groups in total. The van der Waals surface area contributed by atoms with Crippen LogP contribution in [0.15, 0.2) is 53.9 Å². The first-order chi connectivity index (χ1) is 10.3. The van der Waals surface area contributed by atoms with E-state index in [2.05, 4.69) is 33.9 Å². The molecule has 0 radical (unpaired) electrons. The molecule has 106 valence electrons. The Kier molecular flexibility index (Phi) is 3.15. The molecular formula is C16H16N4S. The van der Waals surface area contributed by atoms with E-state index in [-0.39, 0.29) is 12.1 Å². The molecule has 1 fully saturated rings. The summed E-state index contributed by atoms with van der Waals surface area (Å²) in [5.74, 6) is 0. The van der Waals surface area contributed by atoms with Crippen LogP contribution in [0.3, 0.4) is 0 Å². The molecule has 2 aromatic rings. The van der Waals surface area contributed by atoms with Crippen molar-refractivity contribution in [3.8, 4) is 0 Å². The number of amidine groups is 1. The number of aliphatic imine (C=N–C) groups is 1. The lowest BCUT2D eigenvalue weighted by Gasteiger charge is -2.26. The Morgan fingerprint density at radius 3 is 2.90 bits per heavy atom. The zero-order valence-electron chi connectivity index (χ0n) is 11.8. The van der Waals surface area contributed by atoms with E-state index in [4.69, 9.17) is 4.99 Å². The first-order valence-corrected chi connectivity index (χ1v) is 8.03. The Hall–Kier alpha value is -1.88. The second-order valence-corrected chi connectivity index (χ2v) is 6.83. The lowest BCUT2D eigenvalue weighted by molar-refractivity contribution is 0.320. The largest absolute Gasteiger partial charge is 0.341 e. The highest BCUT2D eigenvalue weighted by Crippen LogP contribution is 2.47. The number of thioether (sulfide) groups is 1. The molecular weight excluding hydrogens is 280 g/mol. The maximum absolute atomic E-state index is 4.94. The van der Waals surface area contributed by atoms with Gasteiger partial charge < -0.3 is 4.90 Å². The Labute approximate surface area is 128 Å². The van der Waals surface area contributed by atoms with Gasteiger partial charge >= 0.3 is 0 Å². The van der Waals surface area contributed by atoms with Gasteiger partial charge in [0, 0.05) is 30.4 Å². The fourth-order valence-corrected chi connectivity index (χ4v) is 4.12. The summed E-state index contributed by atoms with van der Waals surface area (Å²) in [6.07, 6.45) is 5.61. The van der Waals surface area contributed by atoms with Crippen molar-refractivity contribution in [1.29, 1.82) is 0 Å². The van der Waals surface area contributed by atoms with Gasteiger partial charge in [0.05, 0.1) is 11.7 Å². The molecule has 0 unspecified atom stereocenters. The molecule has 4 rings (SSSR count). The molecule has 0 amide bonds. The number of rotatable bonds is 2. The van der Waals surface area contributed by atoms with Crippen molar-refractivity contribution >= 4 is 16.9 Å². The number of hydrogen-bond acceptors (Lipinski definition) is 5. The van der Waals surface area contributed by atoms with Crippen molar-refractivity contribution in [3.05, 3.63) is 60.2 Å². The zero-order chi connectivity index (χ0) is 14.2. The van der Waals surface area contributed by atoms with Crippen LogP contribution in [0, 0.1) is 0 Å². The average Bonchev–Trinajstić information content (AvgIpc) is 3.05. The third kappa shape index (κ3) is 2.21. The fourth-order valence-electron chi connectivity index (χ4n) is 3.03. The molecule has 2 aliphatic rings. The predicted molar refractivity (Wildman–Crippen MR) is 85.2 cm³/mol. The van der Waals surface area contributed by atoms with Gasteiger partial charge in [-0.05, 0) is 23.8 Å². The van der Waals surface area contributed by atoms with E-state index in [1.165, 1.54) is 5.56 Å². The normalized spacial score (nSPS) is 27.6. The van der Waals surface area contributed by atoms with Crippen LogP contribution in [0.25, 0.3) is 0 Å². The maximum atomic E-state index is 4.94. The highest BCUT2D eigenvalue weighted by Gasteiger charge is 2.43. The second-order valence-electron chi connectivity index (χ2n) is 5.42. The van der Waals surface area contributed by atoms with Gasteiger partial charge in [0.25, 0.3) is 0 Å². The molecule has 2 aliphatic heterocycles. The van der Waals surface area contributed by atoms with Crippen molar-refractivity contribution in [2.45, 2.75) is 24.3 Å². The van der Waals surface area contributed by atoms with E-state index < -0.39 is 0 Å². The minimum absolute atomic E-state index is 0.0606. The predicted octanol–water partition coefficient (Wildman–Crippen LogP) is 3.07. The topological polar surface area (TPSA) is 41.4 Å². The molecule has 2 aromatic heterocycles. The molecule has 0 saturated carbocycles. The van der Waals surface area contributed by atoms with Gasteiger partial charge in [-0.15, -0.1) is 0 Å². The third-order valence-electron chi connectivity index (χ3n) is 3.91. The summed E-state index contributed by atoms with van der Waals surface area (Å²) in [6, 6.07) is 10.4. The van der Waals surface area contributed by atoms with Crippen molar-refractivity contribution in [2.75, 3.05) is 6.54 Å². The van der Waals surface area contributed by atoms with Crippen molar-refractivity contribution in [1.82, 2.24) is 14.9 Å². The van der Waals surface area contributed by atoms with Gasteiger partial charge in [-0.25, -0.2) is 0 Å². The summed E-state index contributed by atoms with van der Waals surface area (Å²) >= 11 is 1.86. The number of aromatic nitrogens is 2. The molecule has 3 atom stereocenters. The summed E-state index contributed by atoms with van der Waals surface area (Å²) in [5, 5.41) is 1.74. The summed E-state index contributed by atoms with van der Waals surface area (Å²) in [7, 11) is 0. The summed E-state index contributed by atoms with van der Waals surface area (Å²) in [4.78, 5) is 16.2. The van der Waals surface area contributed by atoms with Gasteiger partial charge in [0.15, 0.2) is 5.17 Å². The van der Waals surface area contributed by atoms with Crippen LogP contribution in [-0.2, 0) is 0 Å². The Bertz CT molecular complexity index is 658. The molecule has 4 heterocycles. The lowest BCUT2D eigenvalue weighted by Crippen LogP contribution is -2.28. The van der Waals surface area contributed by atoms with Crippen molar-refractivity contribution < 1.29 is 0 Å². The fraction of sp³-hybridized carbons (Fsp3) is 0.312. The van der Waals surface area contributed by atoms with Crippen LogP contribution in [0.2, 0.25) is 0 Å². The van der Waals surface area contributed by atoms with Crippen molar-refractivity contribution in [2.24, 2.45) is 4.99 Å². The lowest BCUT2D eigenvalue weighted by atomic mass is 9.98. The number of hydrogen-bond donors (Lipinski definition) is 0. The van der Waals surface area contributed by atoms with Crippen LogP contribution in [0.1, 0.15) is 30.3 Å². The number of fused-ring (bicyclic) bond motifs is 1. The summed E-state index contributed by atoms with van der Waals surface area (Å²) in [5.41, 5.74) is 2.24. The van der Waals surface area contributed by atoms with E-state index in [0.29, 0.717) is 5.25 Å². The van der Waals surface area contributed by atoms with Crippen LogP contribution >= 0.6 is 11.8 Å². The quantitative estimate of drug-likeness (QED) is 0.854. The average molecular weight is 296 g/mol. The molecule has 21 heavy (non-hydrogen) atoms. The van der Waals surface area contributed by atoms with Crippen LogP contribution in [0.5, 0.6) is 0 Å². The standard InChI is InChI=1S/C16H16N4S/c1-11-10-20-15(12-5-4-7-17-9-12)14(19-16(20)21-11)13-6-2-3-8-18-13/h2-9,11,14-15H,10H2,1H3/t11-,14-,15+/m1/s1. The van der Waals surface area contributed by atoms with E-state index in [1.807, 2.05) is 48.6 Å². The van der Waals surface area contributed by atoms with Gasteiger partial charge in [-0.1, -0.05) is 30.8 Å². The monoisotopic (exact) mass is 296 g/mol. The smallest absolute Gasteiger partial charge is 0.160 e. The van der Waals surface area contributed by atoms with E-state index in [0.717, 1.165) is 17.4 Å². The van der Waals surface area contributed by atoms with Gasteiger partial charge in [0.2, 0.25) is 0 Å². The minimum Gasteiger partial charge on any atom is -0.341 e. The van der Waals surface area contributed by atoms with E-state index in [1.54, 1.807) is 0 Å². The molecule has 0 aliphatic carbocycles. The van der Waals surface area contributed by atoms with E-state index in [9.17, 15) is 0 Å². The summed E-state index contributed by atoms with van der Waals surface area (Å²) < 4.78 is 0. The zero-order valence-corrected chi connectivity index (χ0v) is 12.6. The van der Waals surface area contributed by atoms with Gasteiger partial charge in [-0.3, -0.25) is 15.0 Å². The molecule has 0 spiro atoms. The third-order valence-corrected chi connectivity index (χ3v) is 5.01. The molecule has 4 nitrogen and oxygen atoms in total. The molecule has 1 saturated heterocycles. The highest BCUT2D eigenvalue weighted by atomic mass is 32.2. The number of nitrogens with zero attached hydrogens (tertiary/aromatic N) is 4. The Morgan fingerprint density at radius 2 is 2.14 bits per heavy atom. The molecule has 0 aromatic carbocycles.